The molecule has 0 spiro atoms. The van der Waals surface area contributed by atoms with Crippen LogP contribution in [0.1, 0.15) is 18.4 Å². The molecule has 0 bridgehead atoms. The van der Waals surface area contributed by atoms with Gasteiger partial charge in [-0.05, 0) is 31.0 Å². The number of nitrogens with one attached hydrogen (secondary N) is 1. The molecule has 0 fully saturated rings. The molecule has 0 aliphatic carbocycles. The highest BCUT2D eigenvalue weighted by atomic mass is 35.5. The molecule has 0 unspecified atom stereocenters. The molecule has 0 saturated heterocycles. The molecular formula is C18H19ClN2O5. The third kappa shape index (κ3) is 5.10. The molecule has 0 aromatic heterocycles. The van der Waals surface area contributed by atoms with Gasteiger partial charge < -0.3 is 14.8 Å². The number of halogens is 1. The van der Waals surface area contributed by atoms with Crippen LogP contribution in [0.2, 0.25) is 5.02 Å². The molecular weight excluding hydrogens is 360 g/mol. The Kier molecular flexibility index (Phi) is 6.80. The van der Waals surface area contributed by atoms with Crippen molar-refractivity contribution in [2.45, 2.75) is 19.8 Å². The minimum absolute atomic E-state index is 0.0988. The van der Waals surface area contributed by atoms with E-state index in [2.05, 4.69) is 5.32 Å². The molecule has 0 saturated carbocycles. The highest BCUT2D eigenvalue weighted by Crippen LogP contribution is 2.31. The number of carbonyl (C=O) groups is 1. The summed E-state index contributed by atoms with van der Waals surface area (Å²) in [5.74, 6) is 0.453. The van der Waals surface area contributed by atoms with Crippen LogP contribution in [0.5, 0.6) is 11.5 Å². The summed E-state index contributed by atoms with van der Waals surface area (Å²) < 4.78 is 10.6. The Balaban J connectivity index is 1.87. The maximum atomic E-state index is 12.1. The zero-order valence-electron chi connectivity index (χ0n) is 14.5. The monoisotopic (exact) mass is 378 g/mol. The third-order valence-electron chi connectivity index (χ3n) is 3.62. The predicted octanol–water partition coefficient (Wildman–Crippen LogP) is 4.36. The minimum Gasteiger partial charge on any atom is -0.495 e. The standard InChI is InChI=1S/C18H19ClN2O5/c1-12-10-14(17(25-2)11-13(12)19)20-18(22)8-5-9-26-16-7-4-3-6-15(16)21(23)24/h3-4,6-7,10-11H,5,8-9H2,1-2H3,(H,20,22). The van der Waals surface area contributed by atoms with Gasteiger partial charge in [0, 0.05) is 23.6 Å². The normalized spacial score (nSPS) is 10.3. The van der Waals surface area contributed by atoms with Crippen LogP contribution >= 0.6 is 11.6 Å². The molecule has 0 aliphatic heterocycles. The van der Waals surface area contributed by atoms with Crippen LogP contribution in [-0.2, 0) is 4.79 Å². The van der Waals surface area contributed by atoms with Crippen LogP contribution in [-0.4, -0.2) is 24.5 Å². The number of nitro benzene ring substituents is 1. The molecule has 2 aromatic carbocycles. The molecule has 1 amide bonds. The number of amides is 1. The maximum Gasteiger partial charge on any atom is 0.310 e. The Morgan fingerprint density at radius 2 is 2.00 bits per heavy atom. The van der Waals surface area contributed by atoms with Gasteiger partial charge in [0.2, 0.25) is 5.91 Å². The topological polar surface area (TPSA) is 90.7 Å². The van der Waals surface area contributed by atoms with Gasteiger partial charge in [0.1, 0.15) is 5.75 Å². The van der Waals surface area contributed by atoms with Crippen LogP contribution in [0.3, 0.4) is 0 Å². The van der Waals surface area contributed by atoms with Crippen LogP contribution in [0.4, 0.5) is 11.4 Å². The number of aryl methyl sites for hydroxylation is 1. The van der Waals surface area contributed by atoms with Crippen molar-refractivity contribution in [3.05, 3.63) is 57.1 Å². The van der Waals surface area contributed by atoms with Gasteiger partial charge in [-0.1, -0.05) is 23.7 Å². The first kappa shape index (κ1) is 19.5. The average molecular weight is 379 g/mol. The summed E-state index contributed by atoms with van der Waals surface area (Å²) in [4.78, 5) is 22.5. The number of benzene rings is 2. The van der Waals surface area contributed by atoms with Crippen molar-refractivity contribution in [1.82, 2.24) is 0 Å². The van der Waals surface area contributed by atoms with E-state index in [-0.39, 0.29) is 30.4 Å². The van der Waals surface area contributed by atoms with E-state index in [0.717, 1.165) is 5.56 Å². The SMILES string of the molecule is COc1cc(Cl)c(C)cc1NC(=O)CCCOc1ccccc1[N+](=O)[O-]. The summed E-state index contributed by atoms with van der Waals surface area (Å²) in [5, 5.41) is 14.2. The molecule has 2 aromatic rings. The summed E-state index contributed by atoms with van der Waals surface area (Å²) in [6.07, 6.45) is 0.609. The fourth-order valence-corrected chi connectivity index (χ4v) is 2.44. The van der Waals surface area contributed by atoms with E-state index in [9.17, 15) is 14.9 Å². The first-order chi connectivity index (χ1) is 12.4. The number of carbonyl (C=O) groups excluding carboxylic acids is 1. The minimum atomic E-state index is -0.503. The molecule has 138 valence electrons. The smallest absolute Gasteiger partial charge is 0.310 e. The number of hydrogen-bond donors (Lipinski definition) is 1. The van der Waals surface area contributed by atoms with Gasteiger partial charge in [-0.3, -0.25) is 14.9 Å². The van der Waals surface area contributed by atoms with E-state index in [1.165, 1.54) is 19.2 Å². The second-order valence-corrected chi connectivity index (χ2v) is 5.93. The van der Waals surface area contributed by atoms with Crippen LogP contribution in [0.25, 0.3) is 0 Å². The average Bonchev–Trinajstić information content (AvgIpc) is 2.61. The molecule has 26 heavy (non-hydrogen) atoms. The Hall–Kier alpha value is -2.80. The molecule has 1 N–H and O–H groups in total. The lowest BCUT2D eigenvalue weighted by Gasteiger charge is -2.12. The highest BCUT2D eigenvalue weighted by molar-refractivity contribution is 6.31. The quantitative estimate of drug-likeness (QED) is 0.418. The first-order valence-corrected chi connectivity index (χ1v) is 8.30. The van der Waals surface area contributed by atoms with E-state index in [0.29, 0.717) is 22.9 Å². The lowest BCUT2D eigenvalue weighted by atomic mass is 10.2. The number of para-hydroxylation sites is 2. The lowest BCUT2D eigenvalue weighted by Crippen LogP contribution is -2.14. The van der Waals surface area contributed by atoms with Gasteiger partial charge in [0.05, 0.1) is 24.3 Å². The lowest BCUT2D eigenvalue weighted by molar-refractivity contribution is -0.385. The van der Waals surface area contributed by atoms with Crippen molar-refractivity contribution in [1.29, 1.82) is 0 Å². The number of methoxy groups -OCH3 is 1. The first-order valence-electron chi connectivity index (χ1n) is 7.92. The van der Waals surface area contributed by atoms with E-state index in [1.807, 2.05) is 6.92 Å². The number of ether oxygens (including phenoxy) is 2. The van der Waals surface area contributed by atoms with E-state index in [1.54, 1.807) is 24.3 Å². The van der Waals surface area contributed by atoms with Crippen molar-refractivity contribution in [3.8, 4) is 11.5 Å². The van der Waals surface area contributed by atoms with Gasteiger partial charge >= 0.3 is 5.69 Å². The largest absolute Gasteiger partial charge is 0.495 e. The van der Waals surface area contributed by atoms with Gasteiger partial charge in [-0.2, -0.15) is 0 Å². The predicted molar refractivity (Wildman–Crippen MR) is 99.2 cm³/mol. The van der Waals surface area contributed by atoms with Crippen molar-refractivity contribution < 1.29 is 19.2 Å². The van der Waals surface area contributed by atoms with Gasteiger partial charge in [-0.15, -0.1) is 0 Å². The van der Waals surface area contributed by atoms with Gasteiger partial charge in [-0.25, -0.2) is 0 Å². The molecule has 2 rings (SSSR count). The summed E-state index contributed by atoms with van der Waals surface area (Å²) in [7, 11) is 1.50. The van der Waals surface area contributed by atoms with Gasteiger partial charge in [0.15, 0.2) is 5.75 Å². The summed E-state index contributed by atoms with van der Waals surface area (Å²) in [6, 6.07) is 9.51. The van der Waals surface area contributed by atoms with E-state index in [4.69, 9.17) is 21.1 Å². The number of hydrogen-bond acceptors (Lipinski definition) is 5. The number of nitrogens with zero attached hydrogens (tertiary/aromatic N) is 1. The molecule has 0 radical (unpaired) electrons. The van der Waals surface area contributed by atoms with Crippen molar-refractivity contribution in [3.63, 3.8) is 0 Å². The summed E-state index contributed by atoms with van der Waals surface area (Å²) in [6.45, 7) is 2.02. The Morgan fingerprint density at radius 3 is 2.69 bits per heavy atom. The van der Waals surface area contributed by atoms with Gasteiger partial charge in [0.25, 0.3) is 0 Å². The second kappa shape index (κ2) is 9.05. The molecule has 7 nitrogen and oxygen atoms in total. The Bertz CT molecular complexity index is 810. The summed E-state index contributed by atoms with van der Waals surface area (Å²) >= 11 is 6.04. The van der Waals surface area contributed by atoms with Crippen molar-refractivity contribution in [2.75, 3.05) is 19.0 Å². The second-order valence-electron chi connectivity index (χ2n) is 5.53. The molecule has 0 atom stereocenters. The number of nitro groups is 1. The maximum absolute atomic E-state index is 12.1. The van der Waals surface area contributed by atoms with Crippen molar-refractivity contribution >= 4 is 28.9 Å². The number of anilines is 1. The summed E-state index contributed by atoms with van der Waals surface area (Å²) in [5.41, 5.74) is 1.26. The zero-order chi connectivity index (χ0) is 19.1. The fourth-order valence-electron chi connectivity index (χ4n) is 2.29. The van der Waals surface area contributed by atoms with Crippen LogP contribution in [0, 0.1) is 17.0 Å². The Labute approximate surface area is 156 Å². The molecule has 8 heteroatoms. The van der Waals surface area contributed by atoms with Crippen LogP contribution in [0.15, 0.2) is 36.4 Å². The Morgan fingerprint density at radius 1 is 1.27 bits per heavy atom. The third-order valence-corrected chi connectivity index (χ3v) is 4.03. The zero-order valence-corrected chi connectivity index (χ0v) is 15.2. The van der Waals surface area contributed by atoms with Crippen LogP contribution < -0.4 is 14.8 Å². The van der Waals surface area contributed by atoms with E-state index >= 15 is 0 Å². The molecule has 0 aliphatic rings. The molecule has 0 heterocycles. The van der Waals surface area contributed by atoms with Crippen molar-refractivity contribution in [2.24, 2.45) is 0 Å². The fraction of sp³-hybridized carbons (Fsp3) is 0.278. The highest BCUT2D eigenvalue weighted by Gasteiger charge is 2.14. The van der Waals surface area contributed by atoms with E-state index < -0.39 is 4.92 Å². The number of rotatable bonds is 8.